The van der Waals surface area contributed by atoms with Gasteiger partial charge in [0.05, 0.1) is 0 Å². The van der Waals surface area contributed by atoms with Gasteiger partial charge in [0.2, 0.25) is 5.91 Å². The highest BCUT2D eigenvalue weighted by Crippen LogP contribution is 2.14. The van der Waals surface area contributed by atoms with Gasteiger partial charge in [-0.3, -0.25) is 4.79 Å². The predicted octanol–water partition coefficient (Wildman–Crippen LogP) is 3.08. The summed E-state index contributed by atoms with van der Waals surface area (Å²) in [5.74, 6) is 0.623. The first kappa shape index (κ1) is 12.8. The molecule has 0 fully saturated rings. The summed E-state index contributed by atoms with van der Waals surface area (Å²) in [6.45, 7) is 8.74. The summed E-state index contributed by atoms with van der Waals surface area (Å²) in [5.41, 5.74) is 1.19. The normalized spacial score (nSPS) is 12.6. The lowest BCUT2D eigenvalue weighted by molar-refractivity contribution is -0.132. The Morgan fingerprint density at radius 2 is 1.75 bits per heavy atom. The molecule has 1 aromatic rings. The van der Waals surface area contributed by atoms with Gasteiger partial charge in [0.15, 0.2) is 0 Å². The van der Waals surface area contributed by atoms with Crippen molar-refractivity contribution in [1.29, 1.82) is 0 Å². The number of benzene rings is 1. The van der Waals surface area contributed by atoms with Crippen molar-refractivity contribution < 1.29 is 4.79 Å². The van der Waals surface area contributed by atoms with Crippen LogP contribution in [0.3, 0.4) is 0 Å². The van der Waals surface area contributed by atoms with Crippen molar-refractivity contribution in [3.8, 4) is 0 Å². The molecule has 1 amide bonds. The zero-order valence-corrected chi connectivity index (χ0v) is 10.6. The van der Waals surface area contributed by atoms with E-state index in [0.29, 0.717) is 12.5 Å². The fourth-order valence-corrected chi connectivity index (χ4v) is 1.68. The van der Waals surface area contributed by atoms with Crippen molar-refractivity contribution in [3.63, 3.8) is 0 Å². The third-order valence-corrected chi connectivity index (χ3v) is 3.06. The maximum absolute atomic E-state index is 11.6. The average molecular weight is 219 g/mol. The van der Waals surface area contributed by atoms with Crippen molar-refractivity contribution in [3.05, 3.63) is 35.9 Å². The Morgan fingerprint density at radius 3 is 2.19 bits per heavy atom. The molecule has 0 aliphatic carbocycles. The Kier molecular flexibility index (Phi) is 4.53. The third kappa shape index (κ3) is 3.37. The van der Waals surface area contributed by atoms with Crippen molar-refractivity contribution >= 4 is 5.91 Å². The van der Waals surface area contributed by atoms with Gasteiger partial charge < -0.3 is 4.90 Å². The maximum Gasteiger partial charge on any atom is 0.219 e. The van der Waals surface area contributed by atoms with E-state index in [4.69, 9.17) is 0 Å². The highest BCUT2D eigenvalue weighted by Gasteiger charge is 2.19. The van der Waals surface area contributed by atoms with Crippen LogP contribution in [0.15, 0.2) is 30.3 Å². The summed E-state index contributed by atoms with van der Waals surface area (Å²) >= 11 is 0. The Balaban J connectivity index is 2.77. The summed E-state index contributed by atoms with van der Waals surface area (Å²) in [7, 11) is 0. The van der Waals surface area contributed by atoms with Crippen molar-refractivity contribution in [2.24, 2.45) is 5.92 Å². The highest BCUT2D eigenvalue weighted by molar-refractivity contribution is 5.73. The van der Waals surface area contributed by atoms with E-state index in [0.717, 1.165) is 0 Å². The molecule has 0 aromatic heterocycles. The molecule has 0 saturated heterocycles. The summed E-state index contributed by atoms with van der Waals surface area (Å²) in [6, 6.07) is 10.4. The monoisotopic (exact) mass is 219 g/mol. The molecule has 0 spiro atoms. The molecule has 0 aliphatic heterocycles. The van der Waals surface area contributed by atoms with Crippen LogP contribution < -0.4 is 0 Å². The largest absolute Gasteiger partial charge is 0.336 e. The van der Waals surface area contributed by atoms with E-state index in [9.17, 15) is 4.79 Å². The lowest BCUT2D eigenvalue weighted by Crippen LogP contribution is -2.39. The van der Waals surface area contributed by atoms with Crippen LogP contribution in [0.1, 0.15) is 33.3 Å². The lowest BCUT2D eigenvalue weighted by atomic mass is 10.0. The Hall–Kier alpha value is -1.31. The van der Waals surface area contributed by atoms with E-state index in [1.54, 1.807) is 6.92 Å². The minimum atomic E-state index is 0.144. The van der Waals surface area contributed by atoms with E-state index in [2.05, 4.69) is 32.9 Å². The number of rotatable bonds is 4. The Morgan fingerprint density at radius 1 is 1.19 bits per heavy atom. The Labute approximate surface area is 98.3 Å². The number of carbonyl (C=O) groups excluding carboxylic acids is 1. The predicted molar refractivity (Wildman–Crippen MR) is 67.0 cm³/mol. The molecule has 88 valence electrons. The van der Waals surface area contributed by atoms with Crippen LogP contribution in [-0.4, -0.2) is 16.8 Å². The van der Waals surface area contributed by atoms with Gasteiger partial charge in [-0.25, -0.2) is 0 Å². The van der Waals surface area contributed by atoms with Crippen LogP contribution in [0.2, 0.25) is 0 Å². The van der Waals surface area contributed by atoms with Gasteiger partial charge in [-0.1, -0.05) is 44.2 Å². The SMILES string of the molecule is CC(=O)N(Cc1ccccc1)C(C)C(C)C. The fraction of sp³-hybridized carbons (Fsp3) is 0.500. The first-order valence-corrected chi connectivity index (χ1v) is 5.83. The second-order valence-electron chi connectivity index (χ2n) is 4.62. The molecule has 0 aliphatic rings. The minimum absolute atomic E-state index is 0.144. The number of nitrogens with zero attached hydrogens (tertiary/aromatic N) is 1. The van der Waals surface area contributed by atoms with Crippen molar-refractivity contribution in [2.45, 2.75) is 40.3 Å². The molecule has 0 N–H and O–H groups in total. The molecule has 2 heteroatoms. The van der Waals surface area contributed by atoms with Gasteiger partial charge >= 0.3 is 0 Å². The zero-order chi connectivity index (χ0) is 12.1. The molecule has 1 atom stereocenters. The molecule has 0 radical (unpaired) electrons. The second-order valence-corrected chi connectivity index (χ2v) is 4.62. The highest BCUT2D eigenvalue weighted by atomic mass is 16.2. The molecular weight excluding hydrogens is 198 g/mol. The standard InChI is InChI=1S/C14H21NO/c1-11(2)12(3)15(13(4)16)10-14-8-6-5-7-9-14/h5-9,11-12H,10H2,1-4H3. The first-order valence-electron chi connectivity index (χ1n) is 5.83. The maximum atomic E-state index is 11.6. The fourth-order valence-electron chi connectivity index (χ4n) is 1.68. The van der Waals surface area contributed by atoms with Crippen LogP contribution in [0.4, 0.5) is 0 Å². The van der Waals surface area contributed by atoms with Crippen LogP contribution >= 0.6 is 0 Å². The molecular formula is C14H21NO. The molecule has 0 saturated carbocycles. The summed E-state index contributed by atoms with van der Waals surface area (Å²) in [6.07, 6.45) is 0. The van der Waals surface area contributed by atoms with Gasteiger partial charge in [0.25, 0.3) is 0 Å². The number of hydrogen-bond acceptors (Lipinski definition) is 1. The smallest absolute Gasteiger partial charge is 0.219 e. The summed E-state index contributed by atoms with van der Waals surface area (Å²) < 4.78 is 0. The lowest BCUT2D eigenvalue weighted by Gasteiger charge is -2.31. The molecule has 0 heterocycles. The molecule has 16 heavy (non-hydrogen) atoms. The van der Waals surface area contributed by atoms with E-state index in [1.807, 2.05) is 23.1 Å². The molecule has 0 bridgehead atoms. The second kappa shape index (κ2) is 5.69. The number of carbonyl (C=O) groups is 1. The van der Waals surface area contributed by atoms with E-state index in [-0.39, 0.29) is 11.9 Å². The quantitative estimate of drug-likeness (QED) is 0.762. The molecule has 1 rings (SSSR count). The van der Waals surface area contributed by atoms with E-state index in [1.165, 1.54) is 5.56 Å². The average Bonchev–Trinajstić information content (AvgIpc) is 2.26. The van der Waals surface area contributed by atoms with Gasteiger partial charge in [-0.05, 0) is 18.4 Å². The topological polar surface area (TPSA) is 20.3 Å². The van der Waals surface area contributed by atoms with Gasteiger partial charge in [0, 0.05) is 19.5 Å². The van der Waals surface area contributed by atoms with Crippen molar-refractivity contribution in [1.82, 2.24) is 4.90 Å². The molecule has 1 unspecified atom stereocenters. The first-order chi connectivity index (χ1) is 7.52. The van der Waals surface area contributed by atoms with Crippen LogP contribution in [0.25, 0.3) is 0 Å². The van der Waals surface area contributed by atoms with Gasteiger partial charge in [-0.15, -0.1) is 0 Å². The summed E-state index contributed by atoms with van der Waals surface area (Å²) in [5, 5.41) is 0. The third-order valence-electron chi connectivity index (χ3n) is 3.06. The zero-order valence-electron chi connectivity index (χ0n) is 10.6. The van der Waals surface area contributed by atoms with E-state index >= 15 is 0 Å². The van der Waals surface area contributed by atoms with E-state index < -0.39 is 0 Å². The minimum Gasteiger partial charge on any atom is -0.336 e. The number of amides is 1. The number of hydrogen-bond donors (Lipinski definition) is 0. The van der Waals surface area contributed by atoms with Gasteiger partial charge in [-0.2, -0.15) is 0 Å². The van der Waals surface area contributed by atoms with Gasteiger partial charge in [0.1, 0.15) is 0 Å². The molecule has 1 aromatic carbocycles. The van der Waals surface area contributed by atoms with Crippen LogP contribution in [-0.2, 0) is 11.3 Å². The molecule has 2 nitrogen and oxygen atoms in total. The van der Waals surface area contributed by atoms with Crippen LogP contribution in [0, 0.1) is 5.92 Å². The van der Waals surface area contributed by atoms with Crippen LogP contribution in [0.5, 0.6) is 0 Å². The van der Waals surface area contributed by atoms with Crippen molar-refractivity contribution in [2.75, 3.05) is 0 Å². The Bertz CT molecular complexity index is 332. The summed E-state index contributed by atoms with van der Waals surface area (Å²) in [4.78, 5) is 13.6.